The SMILES string of the molecule is Cc1cc(C)c(C(C)Nc2cc(F)ccc2Cl)cc1C. The zero-order valence-electron chi connectivity index (χ0n) is 12.2. The van der Waals surface area contributed by atoms with Gasteiger partial charge in [0.05, 0.1) is 10.7 Å². The van der Waals surface area contributed by atoms with E-state index in [9.17, 15) is 4.39 Å². The van der Waals surface area contributed by atoms with E-state index < -0.39 is 0 Å². The first-order chi connectivity index (χ1) is 9.38. The summed E-state index contributed by atoms with van der Waals surface area (Å²) in [4.78, 5) is 0. The summed E-state index contributed by atoms with van der Waals surface area (Å²) in [5.41, 5.74) is 5.58. The molecule has 0 saturated carbocycles. The third-order valence-electron chi connectivity index (χ3n) is 3.65. The fraction of sp³-hybridized carbons (Fsp3) is 0.294. The molecule has 0 aliphatic heterocycles. The molecule has 2 aromatic carbocycles. The minimum Gasteiger partial charge on any atom is -0.377 e. The smallest absolute Gasteiger partial charge is 0.125 e. The predicted octanol–water partition coefficient (Wildman–Crippen LogP) is 5.58. The quantitative estimate of drug-likeness (QED) is 0.778. The minimum atomic E-state index is -0.291. The zero-order chi connectivity index (χ0) is 14.9. The van der Waals surface area contributed by atoms with Gasteiger partial charge in [-0.2, -0.15) is 0 Å². The molecule has 0 fully saturated rings. The van der Waals surface area contributed by atoms with E-state index in [1.165, 1.54) is 34.4 Å². The van der Waals surface area contributed by atoms with Crippen LogP contribution < -0.4 is 5.32 Å². The lowest BCUT2D eigenvalue weighted by Gasteiger charge is -2.20. The van der Waals surface area contributed by atoms with Crippen molar-refractivity contribution in [2.24, 2.45) is 0 Å². The maximum Gasteiger partial charge on any atom is 0.125 e. The molecule has 3 heteroatoms. The van der Waals surface area contributed by atoms with Crippen LogP contribution in [-0.4, -0.2) is 0 Å². The van der Waals surface area contributed by atoms with Crippen LogP contribution >= 0.6 is 11.6 Å². The van der Waals surface area contributed by atoms with Gasteiger partial charge in [-0.1, -0.05) is 23.7 Å². The molecule has 1 nitrogen and oxygen atoms in total. The zero-order valence-corrected chi connectivity index (χ0v) is 13.0. The number of anilines is 1. The third kappa shape index (κ3) is 3.13. The number of rotatable bonds is 3. The molecule has 0 aliphatic rings. The molecular weight excluding hydrogens is 273 g/mol. The highest BCUT2D eigenvalue weighted by molar-refractivity contribution is 6.33. The first kappa shape index (κ1) is 14.9. The van der Waals surface area contributed by atoms with E-state index in [2.05, 4.69) is 45.1 Å². The van der Waals surface area contributed by atoms with Crippen molar-refractivity contribution < 1.29 is 4.39 Å². The van der Waals surface area contributed by atoms with Crippen molar-refractivity contribution in [3.63, 3.8) is 0 Å². The molecule has 1 N–H and O–H groups in total. The van der Waals surface area contributed by atoms with Crippen LogP contribution in [0.4, 0.5) is 10.1 Å². The van der Waals surface area contributed by atoms with Gasteiger partial charge in [0, 0.05) is 6.04 Å². The van der Waals surface area contributed by atoms with Crippen molar-refractivity contribution in [1.29, 1.82) is 0 Å². The van der Waals surface area contributed by atoms with Gasteiger partial charge in [0.25, 0.3) is 0 Å². The van der Waals surface area contributed by atoms with Crippen LogP contribution in [0.25, 0.3) is 0 Å². The molecule has 1 atom stereocenters. The number of benzene rings is 2. The predicted molar refractivity (Wildman–Crippen MR) is 84.1 cm³/mol. The van der Waals surface area contributed by atoms with E-state index in [0.717, 1.165) is 0 Å². The van der Waals surface area contributed by atoms with Gasteiger partial charge in [-0.05, 0) is 68.1 Å². The Morgan fingerprint density at radius 2 is 1.65 bits per heavy atom. The van der Waals surface area contributed by atoms with Crippen LogP contribution in [0.15, 0.2) is 30.3 Å². The molecule has 1 unspecified atom stereocenters. The van der Waals surface area contributed by atoms with Gasteiger partial charge in [-0.25, -0.2) is 4.39 Å². The van der Waals surface area contributed by atoms with Gasteiger partial charge >= 0.3 is 0 Å². The highest BCUT2D eigenvalue weighted by Gasteiger charge is 2.12. The second-order valence-electron chi connectivity index (χ2n) is 5.28. The summed E-state index contributed by atoms with van der Waals surface area (Å²) in [6.45, 7) is 8.35. The highest BCUT2D eigenvalue weighted by Crippen LogP contribution is 2.29. The minimum absolute atomic E-state index is 0.0635. The Kier molecular flexibility index (Phi) is 4.34. The van der Waals surface area contributed by atoms with Crippen molar-refractivity contribution >= 4 is 17.3 Å². The molecular formula is C17H19ClFN. The van der Waals surface area contributed by atoms with Crippen LogP contribution in [0.3, 0.4) is 0 Å². The Morgan fingerprint density at radius 1 is 1.00 bits per heavy atom. The first-order valence-electron chi connectivity index (χ1n) is 6.68. The Hall–Kier alpha value is -1.54. The van der Waals surface area contributed by atoms with Crippen molar-refractivity contribution in [1.82, 2.24) is 0 Å². The highest BCUT2D eigenvalue weighted by atomic mass is 35.5. The lowest BCUT2D eigenvalue weighted by atomic mass is 9.96. The van der Waals surface area contributed by atoms with Gasteiger partial charge in [0.15, 0.2) is 0 Å². The molecule has 0 amide bonds. The molecule has 2 aromatic rings. The van der Waals surface area contributed by atoms with Crippen LogP contribution in [0, 0.1) is 26.6 Å². The molecule has 2 rings (SSSR count). The van der Waals surface area contributed by atoms with Gasteiger partial charge in [-0.15, -0.1) is 0 Å². The second kappa shape index (κ2) is 5.84. The monoisotopic (exact) mass is 291 g/mol. The van der Waals surface area contributed by atoms with Gasteiger partial charge in [0.2, 0.25) is 0 Å². The molecule has 0 bridgehead atoms. The lowest BCUT2D eigenvalue weighted by Crippen LogP contribution is -2.09. The lowest BCUT2D eigenvalue weighted by molar-refractivity contribution is 0.628. The Labute approximate surface area is 124 Å². The molecule has 0 aromatic heterocycles. The number of halogens is 2. The molecule has 106 valence electrons. The number of hydrogen-bond donors (Lipinski definition) is 1. The summed E-state index contributed by atoms with van der Waals surface area (Å²) in [7, 11) is 0. The van der Waals surface area contributed by atoms with Crippen LogP contribution in [0.1, 0.15) is 35.2 Å². The largest absolute Gasteiger partial charge is 0.377 e. The average Bonchev–Trinajstić information content (AvgIpc) is 2.38. The normalized spacial score (nSPS) is 12.3. The topological polar surface area (TPSA) is 12.0 Å². The van der Waals surface area contributed by atoms with Crippen molar-refractivity contribution in [3.8, 4) is 0 Å². The van der Waals surface area contributed by atoms with E-state index in [4.69, 9.17) is 11.6 Å². The van der Waals surface area contributed by atoms with Gasteiger partial charge < -0.3 is 5.32 Å². The Morgan fingerprint density at radius 3 is 2.35 bits per heavy atom. The molecule has 0 heterocycles. The standard InChI is InChI=1S/C17H19ClFN/c1-10-7-12(3)15(8-11(10)2)13(4)20-17-9-14(19)5-6-16(17)18/h5-9,13,20H,1-4H3. The summed E-state index contributed by atoms with van der Waals surface area (Å²) < 4.78 is 13.3. The Bertz CT molecular complexity index is 637. The van der Waals surface area contributed by atoms with Crippen LogP contribution in [0.2, 0.25) is 5.02 Å². The maximum absolute atomic E-state index is 13.3. The fourth-order valence-electron chi connectivity index (χ4n) is 2.37. The van der Waals surface area contributed by atoms with Crippen LogP contribution in [-0.2, 0) is 0 Å². The third-order valence-corrected chi connectivity index (χ3v) is 3.98. The number of hydrogen-bond acceptors (Lipinski definition) is 1. The second-order valence-corrected chi connectivity index (χ2v) is 5.69. The van der Waals surface area contributed by atoms with E-state index in [0.29, 0.717) is 10.7 Å². The van der Waals surface area contributed by atoms with Crippen molar-refractivity contribution in [3.05, 3.63) is 63.4 Å². The summed E-state index contributed by atoms with van der Waals surface area (Å²) >= 11 is 6.09. The summed E-state index contributed by atoms with van der Waals surface area (Å²) in [6, 6.07) is 8.77. The van der Waals surface area contributed by atoms with Gasteiger partial charge in [0.1, 0.15) is 5.82 Å². The summed E-state index contributed by atoms with van der Waals surface area (Å²) in [6.07, 6.45) is 0. The van der Waals surface area contributed by atoms with Gasteiger partial charge in [-0.3, -0.25) is 0 Å². The molecule has 0 radical (unpaired) electrons. The molecule has 20 heavy (non-hydrogen) atoms. The molecule has 0 spiro atoms. The summed E-state index contributed by atoms with van der Waals surface area (Å²) in [5.74, 6) is -0.291. The van der Waals surface area contributed by atoms with E-state index in [1.54, 1.807) is 6.07 Å². The number of nitrogens with one attached hydrogen (secondary N) is 1. The van der Waals surface area contributed by atoms with Crippen molar-refractivity contribution in [2.45, 2.75) is 33.7 Å². The van der Waals surface area contributed by atoms with E-state index in [1.807, 2.05) is 0 Å². The molecule has 0 saturated heterocycles. The molecule has 0 aliphatic carbocycles. The summed E-state index contributed by atoms with van der Waals surface area (Å²) in [5, 5.41) is 3.81. The van der Waals surface area contributed by atoms with E-state index in [-0.39, 0.29) is 11.9 Å². The average molecular weight is 292 g/mol. The maximum atomic E-state index is 13.3. The first-order valence-corrected chi connectivity index (χ1v) is 7.05. The Balaban J connectivity index is 2.30. The van der Waals surface area contributed by atoms with Crippen molar-refractivity contribution in [2.75, 3.05) is 5.32 Å². The fourth-order valence-corrected chi connectivity index (χ4v) is 2.54. The van der Waals surface area contributed by atoms with E-state index >= 15 is 0 Å². The number of aryl methyl sites for hydroxylation is 3. The van der Waals surface area contributed by atoms with Crippen LogP contribution in [0.5, 0.6) is 0 Å².